The molecular weight excluding hydrogens is 414 g/mol. The second-order valence-corrected chi connectivity index (χ2v) is 7.74. The van der Waals surface area contributed by atoms with Gasteiger partial charge in [0.05, 0.1) is 13.7 Å². The molecule has 1 heterocycles. The minimum atomic E-state index is -0.388. The van der Waals surface area contributed by atoms with Crippen LogP contribution in [0.15, 0.2) is 47.8 Å². The van der Waals surface area contributed by atoms with Crippen molar-refractivity contribution in [2.75, 3.05) is 19.0 Å². The van der Waals surface area contributed by atoms with Gasteiger partial charge in [-0.25, -0.2) is 4.79 Å². The molecule has 0 amide bonds. The number of aryl methyl sites for hydroxylation is 1. The predicted molar refractivity (Wildman–Crippen MR) is 122 cm³/mol. The summed E-state index contributed by atoms with van der Waals surface area (Å²) < 4.78 is 15.9. The standard InChI is InChI=1S/C24H25NO5S/c1-5-29-24(27)22-20(17-8-10-19(28-4)11-9-17)14-31-23(22)25-13-18-7-6-15(2)12-21(18)30-16(3)26/h6-12,14,25H,5,13H2,1-4H3. The maximum atomic E-state index is 12.8. The minimum absolute atomic E-state index is 0.282. The van der Waals surface area contributed by atoms with E-state index in [2.05, 4.69) is 5.32 Å². The maximum Gasteiger partial charge on any atom is 0.341 e. The van der Waals surface area contributed by atoms with Gasteiger partial charge in [0, 0.05) is 30.0 Å². The van der Waals surface area contributed by atoms with E-state index in [1.807, 2.05) is 54.8 Å². The Morgan fingerprint density at radius 3 is 2.48 bits per heavy atom. The Labute approximate surface area is 185 Å². The third-order valence-corrected chi connectivity index (χ3v) is 5.53. The van der Waals surface area contributed by atoms with E-state index in [1.54, 1.807) is 14.0 Å². The number of carbonyl (C=O) groups excluding carboxylic acids is 2. The van der Waals surface area contributed by atoms with E-state index < -0.39 is 0 Å². The van der Waals surface area contributed by atoms with Gasteiger partial charge in [-0.1, -0.05) is 24.3 Å². The van der Waals surface area contributed by atoms with Crippen LogP contribution >= 0.6 is 11.3 Å². The molecule has 0 unspecified atom stereocenters. The van der Waals surface area contributed by atoms with Crippen molar-refractivity contribution >= 4 is 28.3 Å². The lowest BCUT2D eigenvalue weighted by Crippen LogP contribution is -2.10. The van der Waals surface area contributed by atoms with Gasteiger partial charge in [0.25, 0.3) is 0 Å². The first-order valence-corrected chi connectivity index (χ1v) is 10.8. The fourth-order valence-electron chi connectivity index (χ4n) is 3.11. The molecule has 0 bridgehead atoms. The molecule has 3 rings (SSSR count). The summed E-state index contributed by atoms with van der Waals surface area (Å²) in [6, 6.07) is 13.2. The van der Waals surface area contributed by atoms with E-state index in [9.17, 15) is 9.59 Å². The van der Waals surface area contributed by atoms with E-state index in [1.165, 1.54) is 18.3 Å². The Balaban J connectivity index is 1.92. The van der Waals surface area contributed by atoms with E-state index in [4.69, 9.17) is 14.2 Å². The summed E-state index contributed by atoms with van der Waals surface area (Å²) in [6.45, 7) is 5.76. The van der Waals surface area contributed by atoms with Gasteiger partial charge < -0.3 is 19.5 Å². The van der Waals surface area contributed by atoms with Gasteiger partial charge in [0.15, 0.2) is 0 Å². The summed E-state index contributed by atoms with van der Waals surface area (Å²) in [5.74, 6) is 0.482. The number of benzene rings is 2. The van der Waals surface area contributed by atoms with E-state index in [0.717, 1.165) is 28.0 Å². The molecule has 0 aliphatic heterocycles. The molecule has 0 radical (unpaired) electrons. The van der Waals surface area contributed by atoms with Gasteiger partial charge >= 0.3 is 11.9 Å². The molecule has 3 aromatic rings. The number of hydrogen-bond acceptors (Lipinski definition) is 7. The highest BCUT2D eigenvalue weighted by Crippen LogP contribution is 2.37. The lowest BCUT2D eigenvalue weighted by Gasteiger charge is -2.13. The molecule has 7 heteroatoms. The molecule has 0 saturated heterocycles. The van der Waals surface area contributed by atoms with Crippen molar-refractivity contribution in [1.29, 1.82) is 0 Å². The lowest BCUT2D eigenvalue weighted by atomic mass is 10.0. The Morgan fingerprint density at radius 1 is 1.10 bits per heavy atom. The number of ether oxygens (including phenoxy) is 3. The van der Waals surface area contributed by atoms with Crippen LogP contribution in [0.5, 0.6) is 11.5 Å². The fraction of sp³-hybridized carbons (Fsp3) is 0.250. The molecule has 0 saturated carbocycles. The summed E-state index contributed by atoms with van der Waals surface area (Å²) >= 11 is 1.43. The van der Waals surface area contributed by atoms with Crippen LogP contribution < -0.4 is 14.8 Å². The van der Waals surface area contributed by atoms with Crippen molar-refractivity contribution in [3.8, 4) is 22.6 Å². The Hall–Kier alpha value is -3.32. The van der Waals surface area contributed by atoms with Gasteiger partial charge in [-0.05, 0) is 43.2 Å². The van der Waals surface area contributed by atoms with Crippen molar-refractivity contribution in [2.45, 2.75) is 27.3 Å². The van der Waals surface area contributed by atoms with Gasteiger partial charge in [-0.15, -0.1) is 11.3 Å². The number of carbonyl (C=O) groups is 2. The minimum Gasteiger partial charge on any atom is -0.497 e. The van der Waals surface area contributed by atoms with Crippen LogP contribution in [0.2, 0.25) is 0 Å². The van der Waals surface area contributed by atoms with Gasteiger partial charge in [-0.3, -0.25) is 4.79 Å². The number of nitrogens with one attached hydrogen (secondary N) is 1. The second kappa shape index (κ2) is 10.1. The Kier molecular flexibility index (Phi) is 7.31. The van der Waals surface area contributed by atoms with Crippen LogP contribution in [-0.2, 0) is 16.1 Å². The molecular formula is C24H25NO5S. The Bertz CT molecular complexity index is 1070. The molecule has 1 aromatic heterocycles. The number of thiophene rings is 1. The highest BCUT2D eigenvalue weighted by molar-refractivity contribution is 7.15. The zero-order chi connectivity index (χ0) is 22.4. The van der Waals surface area contributed by atoms with E-state index in [0.29, 0.717) is 22.9 Å². The van der Waals surface area contributed by atoms with Crippen molar-refractivity contribution in [1.82, 2.24) is 0 Å². The average molecular weight is 440 g/mol. The van der Waals surface area contributed by atoms with Crippen molar-refractivity contribution in [3.05, 3.63) is 64.5 Å². The normalized spacial score (nSPS) is 10.5. The van der Waals surface area contributed by atoms with Crippen LogP contribution in [0.4, 0.5) is 5.00 Å². The van der Waals surface area contributed by atoms with Gasteiger partial charge in [0.1, 0.15) is 22.1 Å². The van der Waals surface area contributed by atoms with Crippen LogP contribution in [0, 0.1) is 6.92 Å². The molecule has 1 N–H and O–H groups in total. The summed E-state index contributed by atoms with van der Waals surface area (Å²) in [5.41, 5.74) is 3.97. The van der Waals surface area contributed by atoms with Crippen LogP contribution in [0.1, 0.15) is 35.3 Å². The largest absolute Gasteiger partial charge is 0.497 e. The summed E-state index contributed by atoms with van der Waals surface area (Å²) in [6.07, 6.45) is 0. The van der Waals surface area contributed by atoms with Crippen LogP contribution in [0.3, 0.4) is 0 Å². The molecule has 31 heavy (non-hydrogen) atoms. The van der Waals surface area contributed by atoms with Crippen LogP contribution in [0.25, 0.3) is 11.1 Å². The highest BCUT2D eigenvalue weighted by Gasteiger charge is 2.22. The summed E-state index contributed by atoms with van der Waals surface area (Å²) in [7, 11) is 1.61. The molecule has 2 aromatic carbocycles. The predicted octanol–water partition coefficient (Wildman–Crippen LogP) is 5.45. The highest BCUT2D eigenvalue weighted by atomic mass is 32.1. The third kappa shape index (κ3) is 5.44. The van der Waals surface area contributed by atoms with Crippen molar-refractivity contribution in [3.63, 3.8) is 0 Å². The number of methoxy groups -OCH3 is 1. The first-order chi connectivity index (χ1) is 14.9. The quantitative estimate of drug-likeness (QED) is 0.372. The third-order valence-electron chi connectivity index (χ3n) is 4.59. The van der Waals surface area contributed by atoms with Gasteiger partial charge in [0.2, 0.25) is 0 Å². The molecule has 6 nitrogen and oxygen atoms in total. The zero-order valence-electron chi connectivity index (χ0n) is 18.0. The second-order valence-electron chi connectivity index (χ2n) is 6.86. The van der Waals surface area contributed by atoms with Crippen molar-refractivity contribution in [2.24, 2.45) is 0 Å². The molecule has 0 spiro atoms. The smallest absolute Gasteiger partial charge is 0.341 e. The zero-order valence-corrected chi connectivity index (χ0v) is 18.8. The number of anilines is 1. The molecule has 162 valence electrons. The van der Waals surface area contributed by atoms with E-state index >= 15 is 0 Å². The summed E-state index contributed by atoms with van der Waals surface area (Å²) in [5, 5.41) is 5.94. The fourth-order valence-corrected chi connectivity index (χ4v) is 4.07. The number of rotatable bonds is 8. The SMILES string of the molecule is CCOC(=O)c1c(-c2ccc(OC)cc2)csc1NCc1ccc(C)cc1OC(C)=O. The molecule has 0 atom stereocenters. The molecule has 0 aliphatic carbocycles. The van der Waals surface area contributed by atoms with Crippen molar-refractivity contribution < 1.29 is 23.8 Å². The average Bonchev–Trinajstić information content (AvgIpc) is 3.17. The maximum absolute atomic E-state index is 12.8. The Morgan fingerprint density at radius 2 is 1.84 bits per heavy atom. The van der Waals surface area contributed by atoms with Gasteiger partial charge in [-0.2, -0.15) is 0 Å². The van der Waals surface area contributed by atoms with Crippen LogP contribution in [-0.4, -0.2) is 25.7 Å². The number of esters is 2. The molecule has 0 aliphatic rings. The van der Waals surface area contributed by atoms with E-state index in [-0.39, 0.29) is 18.5 Å². The lowest BCUT2D eigenvalue weighted by molar-refractivity contribution is -0.131. The first-order valence-electron chi connectivity index (χ1n) is 9.87. The first kappa shape index (κ1) is 22.4. The number of hydrogen-bond donors (Lipinski definition) is 1. The monoisotopic (exact) mass is 439 g/mol. The topological polar surface area (TPSA) is 73.9 Å². The molecule has 0 fully saturated rings. The summed E-state index contributed by atoms with van der Waals surface area (Å²) in [4.78, 5) is 24.2.